The van der Waals surface area contributed by atoms with Gasteiger partial charge in [-0.3, -0.25) is 4.79 Å². The van der Waals surface area contributed by atoms with E-state index in [0.29, 0.717) is 35.8 Å². The zero-order valence-corrected chi connectivity index (χ0v) is 16.3. The maximum Gasteiger partial charge on any atom is 0.256 e. The van der Waals surface area contributed by atoms with E-state index in [1.54, 1.807) is 38.3 Å². The number of methoxy groups -OCH3 is 1. The molecule has 0 fully saturated rings. The largest absolute Gasteiger partial charge is 0.399 e. The number of rotatable bonds is 8. The van der Waals surface area contributed by atoms with Crippen LogP contribution < -0.4 is 21.1 Å². The smallest absolute Gasteiger partial charge is 0.256 e. The molecule has 9 heteroatoms. The van der Waals surface area contributed by atoms with E-state index in [9.17, 15) is 13.2 Å². The molecule has 2 aromatic rings. The Morgan fingerprint density at radius 3 is 2.56 bits per heavy atom. The van der Waals surface area contributed by atoms with Gasteiger partial charge < -0.3 is 21.1 Å². The Hall–Kier alpha value is -2.62. The molecule has 5 N–H and O–H groups in total. The highest BCUT2D eigenvalue weighted by Gasteiger charge is 2.17. The summed E-state index contributed by atoms with van der Waals surface area (Å²) < 4.78 is 31.5. The molecule has 8 nitrogen and oxygen atoms in total. The van der Waals surface area contributed by atoms with Crippen LogP contribution in [0.1, 0.15) is 15.9 Å². The summed E-state index contributed by atoms with van der Waals surface area (Å²) in [4.78, 5) is 12.8. The number of nitrogen functional groups attached to an aromatic ring is 1. The molecule has 0 heterocycles. The van der Waals surface area contributed by atoms with Gasteiger partial charge in [-0.1, -0.05) is 6.07 Å². The number of aryl methyl sites for hydroxylation is 1. The maximum atomic E-state index is 12.7. The topological polar surface area (TPSA) is 123 Å². The SMILES string of the molecule is CNS(=O)(=O)c1ccc(NCCOC)c(NC(=O)c2cc(N)ccc2C)c1. The van der Waals surface area contributed by atoms with Gasteiger partial charge in [0.15, 0.2) is 0 Å². The average molecular weight is 392 g/mol. The molecular formula is C18H24N4O4S. The number of hydrogen-bond donors (Lipinski definition) is 4. The molecule has 27 heavy (non-hydrogen) atoms. The Morgan fingerprint density at radius 1 is 1.15 bits per heavy atom. The monoisotopic (exact) mass is 392 g/mol. The van der Waals surface area contributed by atoms with Gasteiger partial charge in [-0.25, -0.2) is 13.1 Å². The molecule has 146 valence electrons. The van der Waals surface area contributed by atoms with Gasteiger partial charge in [-0.2, -0.15) is 0 Å². The highest BCUT2D eigenvalue weighted by atomic mass is 32.2. The molecule has 0 atom stereocenters. The summed E-state index contributed by atoms with van der Waals surface area (Å²) in [7, 11) is -0.745. The van der Waals surface area contributed by atoms with Crippen LogP contribution in [0.5, 0.6) is 0 Å². The van der Waals surface area contributed by atoms with Crippen LogP contribution in [0, 0.1) is 6.92 Å². The van der Waals surface area contributed by atoms with Gasteiger partial charge in [0.2, 0.25) is 10.0 Å². The summed E-state index contributed by atoms with van der Waals surface area (Å²) in [5.74, 6) is -0.381. The standard InChI is InChI=1S/C18H24N4O4S/c1-12-4-5-13(19)10-15(12)18(23)22-17-11-14(27(24,25)20-2)6-7-16(17)21-8-9-26-3/h4-7,10-11,20-21H,8-9,19H2,1-3H3,(H,22,23). The Labute approximate surface area is 159 Å². The van der Waals surface area contributed by atoms with Crippen molar-refractivity contribution in [2.75, 3.05) is 43.7 Å². The van der Waals surface area contributed by atoms with Gasteiger partial charge in [0.05, 0.1) is 22.9 Å². The van der Waals surface area contributed by atoms with Gasteiger partial charge in [-0.05, 0) is 49.9 Å². The zero-order chi connectivity index (χ0) is 20.0. The predicted molar refractivity (Wildman–Crippen MR) is 107 cm³/mol. The molecule has 0 aliphatic carbocycles. The molecule has 0 saturated carbocycles. The summed E-state index contributed by atoms with van der Waals surface area (Å²) in [5.41, 5.74) is 8.34. The number of sulfonamides is 1. The lowest BCUT2D eigenvalue weighted by molar-refractivity contribution is 0.102. The molecule has 0 radical (unpaired) electrons. The Bertz CT molecular complexity index is 929. The van der Waals surface area contributed by atoms with Crippen molar-refractivity contribution in [1.82, 2.24) is 4.72 Å². The van der Waals surface area contributed by atoms with Gasteiger partial charge in [0.1, 0.15) is 0 Å². The summed E-state index contributed by atoms with van der Waals surface area (Å²) in [6, 6.07) is 9.51. The molecule has 0 aromatic heterocycles. The quantitative estimate of drug-likeness (QED) is 0.401. The second-order valence-corrected chi connectivity index (χ2v) is 7.75. The summed E-state index contributed by atoms with van der Waals surface area (Å²) in [6.07, 6.45) is 0. The van der Waals surface area contributed by atoms with Crippen LogP contribution in [0.15, 0.2) is 41.3 Å². The number of amides is 1. The summed E-state index contributed by atoms with van der Waals surface area (Å²) in [6.45, 7) is 2.75. The molecule has 2 aromatic carbocycles. The van der Waals surface area contributed by atoms with E-state index in [1.807, 2.05) is 0 Å². The second kappa shape index (κ2) is 8.85. The van der Waals surface area contributed by atoms with E-state index in [2.05, 4.69) is 15.4 Å². The predicted octanol–water partition coefficient (Wildman–Crippen LogP) is 1.80. The number of nitrogens with two attached hydrogens (primary N) is 1. The van der Waals surface area contributed by atoms with E-state index in [1.165, 1.54) is 19.2 Å². The Kier molecular flexibility index (Phi) is 6.78. The lowest BCUT2D eigenvalue weighted by Gasteiger charge is -2.15. The first kappa shape index (κ1) is 20.7. The minimum absolute atomic E-state index is 0.0434. The third kappa shape index (κ3) is 5.19. The normalized spacial score (nSPS) is 11.2. The molecule has 0 bridgehead atoms. The molecule has 0 aliphatic rings. The van der Waals surface area contributed by atoms with Crippen LogP contribution in [0.2, 0.25) is 0 Å². The first-order valence-electron chi connectivity index (χ1n) is 8.26. The summed E-state index contributed by atoms with van der Waals surface area (Å²) in [5, 5.41) is 5.88. The van der Waals surface area contributed by atoms with Crippen molar-refractivity contribution < 1.29 is 17.9 Å². The van der Waals surface area contributed by atoms with E-state index in [4.69, 9.17) is 10.5 Å². The first-order chi connectivity index (χ1) is 12.8. The van der Waals surface area contributed by atoms with Crippen molar-refractivity contribution in [3.05, 3.63) is 47.5 Å². The number of carbonyl (C=O) groups excluding carboxylic acids is 1. The van der Waals surface area contributed by atoms with Gasteiger partial charge in [0, 0.05) is 24.9 Å². The highest BCUT2D eigenvalue weighted by molar-refractivity contribution is 7.89. The number of nitrogens with one attached hydrogen (secondary N) is 3. The molecule has 1 amide bonds. The van der Waals surface area contributed by atoms with Gasteiger partial charge >= 0.3 is 0 Å². The fourth-order valence-electron chi connectivity index (χ4n) is 2.43. The van der Waals surface area contributed by atoms with Crippen LogP contribution in [0.3, 0.4) is 0 Å². The minimum Gasteiger partial charge on any atom is -0.399 e. The lowest BCUT2D eigenvalue weighted by Crippen LogP contribution is -2.20. The number of hydrogen-bond acceptors (Lipinski definition) is 6. The average Bonchev–Trinajstić information content (AvgIpc) is 2.64. The minimum atomic E-state index is -3.65. The molecule has 0 unspecified atom stereocenters. The van der Waals surface area contributed by atoms with Gasteiger partial charge in [0.25, 0.3) is 5.91 Å². The van der Waals surface area contributed by atoms with Crippen molar-refractivity contribution in [2.24, 2.45) is 0 Å². The van der Waals surface area contributed by atoms with Crippen LogP contribution in [-0.2, 0) is 14.8 Å². The van der Waals surface area contributed by atoms with Crippen molar-refractivity contribution in [2.45, 2.75) is 11.8 Å². The van der Waals surface area contributed by atoms with Crippen LogP contribution >= 0.6 is 0 Å². The lowest BCUT2D eigenvalue weighted by atomic mass is 10.1. The molecule has 0 aliphatic heterocycles. The third-order valence-electron chi connectivity index (χ3n) is 3.95. The Morgan fingerprint density at radius 2 is 1.89 bits per heavy atom. The van der Waals surface area contributed by atoms with Crippen LogP contribution in [0.25, 0.3) is 0 Å². The van der Waals surface area contributed by atoms with E-state index in [-0.39, 0.29) is 10.8 Å². The summed E-state index contributed by atoms with van der Waals surface area (Å²) >= 11 is 0. The van der Waals surface area contributed by atoms with E-state index in [0.717, 1.165) is 5.56 Å². The van der Waals surface area contributed by atoms with Gasteiger partial charge in [-0.15, -0.1) is 0 Å². The maximum absolute atomic E-state index is 12.7. The van der Waals surface area contributed by atoms with Crippen LogP contribution in [-0.4, -0.2) is 41.6 Å². The zero-order valence-electron chi connectivity index (χ0n) is 15.5. The number of anilines is 3. The highest BCUT2D eigenvalue weighted by Crippen LogP contribution is 2.26. The van der Waals surface area contributed by atoms with E-state index >= 15 is 0 Å². The number of carbonyl (C=O) groups is 1. The van der Waals surface area contributed by atoms with E-state index < -0.39 is 10.0 Å². The van der Waals surface area contributed by atoms with Crippen molar-refractivity contribution >= 4 is 33.0 Å². The molecule has 2 rings (SSSR count). The number of ether oxygens (including phenoxy) is 1. The third-order valence-corrected chi connectivity index (χ3v) is 5.36. The number of benzene rings is 2. The van der Waals surface area contributed by atoms with Crippen molar-refractivity contribution in [3.63, 3.8) is 0 Å². The molecule has 0 saturated heterocycles. The van der Waals surface area contributed by atoms with Crippen molar-refractivity contribution in [1.29, 1.82) is 0 Å². The fraction of sp³-hybridized carbons (Fsp3) is 0.278. The fourth-order valence-corrected chi connectivity index (χ4v) is 3.18. The molecule has 0 spiro atoms. The van der Waals surface area contributed by atoms with Crippen LogP contribution in [0.4, 0.5) is 17.1 Å². The molecular weight excluding hydrogens is 368 g/mol. The Balaban J connectivity index is 2.39. The van der Waals surface area contributed by atoms with Crippen molar-refractivity contribution in [3.8, 4) is 0 Å². The first-order valence-corrected chi connectivity index (χ1v) is 9.74. The second-order valence-electron chi connectivity index (χ2n) is 5.86.